The Hall–Kier alpha value is -2.23. The lowest BCUT2D eigenvalue weighted by Crippen LogP contribution is -2.25. The highest BCUT2D eigenvalue weighted by Gasteiger charge is 2.13. The highest BCUT2D eigenvalue weighted by Crippen LogP contribution is 2.20. The number of amides is 1. The standard InChI is InChI=1S/C19H26N2O2/c1-13(2)21-14(3)10-17(15(21)4)12-20-19(22)11-16-8-6-7-9-18(16)23-5/h6-10,13H,11-12H2,1-5H3,(H,20,22). The number of benzene rings is 1. The summed E-state index contributed by atoms with van der Waals surface area (Å²) in [5.74, 6) is 0.754. The van der Waals surface area contributed by atoms with Gasteiger partial charge in [0.05, 0.1) is 13.5 Å². The van der Waals surface area contributed by atoms with E-state index < -0.39 is 0 Å². The summed E-state index contributed by atoms with van der Waals surface area (Å²) in [5.41, 5.74) is 4.52. The second-order valence-electron chi connectivity index (χ2n) is 6.13. The number of nitrogens with one attached hydrogen (secondary N) is 1. The van der Waals surface area contributed by atoms with Gasteiger partial charge in [0.1, 0.15) is 5.75 Å². The first-order valence-corrected chi connectivity index (χ1v) is 8.00. The molecule has 0 aliphatic carbocycles. The molecule has 1 aromatic carbocycles. The zero-order valence-corrected chi connectivity index (χ0v) is 14.6. The largest absolute Gasteiger partial charge is 0.496 e. The van der Waals surface area contributed by atoms with Gasteiger partial charge in [-0.2, -0.15) is 0 Å². The molecule has 1 N–H and O–H groups in total. The molecule has 0 unspecified atom stereocenters. The van der Waals surface area contributed by atoms with Crippen LogP contribution in [0.25, 0.3) is 0 Å². The molecule has 124 valence electrons. The SMILES string of the molecule is COc1ccccc1CC(=O)NCc1cc(C)n(C(C)C)c1C. The van der Waals surface area contributed by atoms with Crippen molar-refractivity contribution < 1.29 is 9.53 Å². The molecule has 2 aromatic rings. The van der Waals surface area contributed by atoms with Crippen molar-refractivity contribution in [3.63, 3.8) is 0 Å². The maximum Gasteiger partial charge on any atom is 0.224 e. The molecule has 0 fully saturated rings. The molecule has 0 bridgehead atoms. The van der Waals surface area contributed by atoms with E-state index in [1.54, 1.807) is 7.11 Å². The van der Waals surface area contributed by atoms with Crippen LogP contribution in [0.3, 0.4) is 0 Å². The van der Waals surface area contributed by atoms with Gasteiger partial charge in [-0.05, 0) is 45.4 Å². The molecule has 1 amide bonds. The summed E-state index contributed by atoms with van der Waals surface area (Å²) in [6, 6.07) is 10.2. The number of ether oxygens (including phenoxy) is 1. The van der Waals surface area contributed by atoms with Gasteiger partial charge in [0.25, 0.3) is 0 Å². The van der Waals surface area contributed by atoms with E-state index in [4.69, 9.17) is 4.74 Å². The third-order valence-corrected chi connectivity index (χ3v) is 4.13. The molecule has 1 heterocycles. The summed E-state index contributed by atoms with van der Waals surface area (Å²) in [6.07, 6.45) is 0.326. The molecule has 0 saturated carbocycles. The predicted molar refractivity (Wildman–Crippen MR) is 92.8 cm³/mol. The molecule has 4 heteroatoms. The average molecular weight is 314 g/mol. The number of carbonyl (C=O) groups is 1. The van der Waals surface area contributed by atoms with Gasteiger partial charge in [-0.15, -0.1) is 0 Å². The summed E-state index contributed by atoms with van der Waals surface area (Å²) < 4.78 is 7.58. The van der Waals surface area contributed by atoms with Gasteiger partial charge >= 0.3 is 0 Å². The minimum atomic E-state index is 0.00356. The van der Waals surface area contributed by atoms with Crippen molar-refractivity contribution in [3.8, 4) is 5.75 Å². The monoisotopic (exact) mass is 314 g/mol. The molecule has 0 saturated heterocycles. The zero-order valence-electron chi connectivity index (χ0n) is 14.6. The van der Waals surface area contributed by atoms with Gasteiger partial charge in [0.15, 0.2) is 0 Å². The maximum absolute atomic E-state index is 12.2. The van der Waals surface area contributed by atoms with Crippen LogP contribution < -0.4 is 10.1 Å². The minimum absolute atomic E-state index is 0.00356. The lowest BCUT2D eigenvalue weighted by atomic mass is 10.1. The van der Waals surface area contributed by atoms with Gasteiger partial charge in [-0.3, -0.25) is 4.79 Å². The quantitative estimate of drug-likeness (QED) is 0.886. The third kappa shape index (κ3) is 3.95. The molecule has 4 nitrogen and oxygen atoms in total. The number of para-hydroxylation sites is 1. The van der Waals surface area contributed by atoms with Crippen molar-refractivity contribution in [2.75, 3.05) is 7.11 Å². The number of nitrogens with zero attached hydrogens (tertiary/aromatic N) is 1. The van der Waals surface area contributed by atoms with Gasteiger partial charge in [-0.1, -0.05) is 18.2 Å². The summed E-state index contributed by atoms with van der Waals surface area (Å²) in [7, 11) is 1.62. The second kappa shape index (κ2) is 7.36. The smallest absolute Gasteiger partial charge is 0.224 e. The van der Waals surface area contributed by atoms with Gasteiger partial charge < -0.3 is 14.6 Å². The first kappa shape index (κ1) is 17.1. The van der Waals surface area contributed by atoms with Crippen LogP contribution in [-0.4, -0.2) is 17.6 Å². The highest BCUT2D eigenvalue weighted by molar-refractivity contribution is 5.79. The Kier molecular flexibility index (Phi) is 5.48. The Labute approximate surface area is 138 Å². The molecule has 0 spiro atoms. The van der Waals surface area contributed by atoms with Crippen molar-refractivity contribution in [3.05, 3.63) is 52.8 Å². The Morgan fingerprint density at radius 1 is 1.22 bits per heavy atom. The predicted octanol–water partition coefficient (Wildman–Crippen LogP) is 3.55. The minimum Gasteiger partial charge on any atom is -0.496 e. The lowest BCUT2D eigenvalue weighted by molar-refractivity contribution is -0.120. The van der Waals surface area contributed by atoms with Crippen LogP contribution in [0.4, 0.5) is 0 Å². The second-order valence-corrected chi connectivity index (χ2v) is 6.13. The maximum atomic E-state index is 12.2. The van der Waals surface area contributed by atoms with Crippen LogP contribution in [0.2, 0.25) is 0 Å². The van der Waals surface area contributed by atoms with Crippen molar-refractivity contribution in [2.45, 2.75) is 46.7 Å². The number of rotatable bonds is 6. The normalized spacial score (nSPS) is 10.9. The summed E-state index contributed by atoms with van der Waals surface area (Å²) in [6.45, 7) is 9.11. The number of methoxy groups -OCH3 is 1. The Bertz CT molecular complexity index is 687. The van der Waals surface area contributed by atoms with E-state index in [-0.39, 0.29) is 5.91 Å². The molecule has 23 heavy (non-hydrogen) atoms. The fourth-order valence-electron chi connectivity index (χ4n) is 3.10. The van der Waals surface area contributed by atoms with Crippen LogP contribution in [0, 0.1) is 13.8 Å². The van der Waals surface area contributed by atoms with E-state index in [9.17, 15) is 4.79 Å². The van der Waals surface area contributed by atoms with Crippen molar-refractivity contribution >= 4 is 5.91 Å². The summed E-state index contributed by atoms with van der Waals surface area (Å²) >= 11 is 0. The van der Waals surface area contributed by atoms with Crippen LogP contribution in [-0.2, 0) is 17.8 Å². The molecular weight excluding hydrogens is 288 g/mol. The first-order valence-electron chi connectivity index (χ1n) is 8.00. The lowest BCUT2D eigenvalue weighted by Gasteiger charge is -2.14. The van der Waals surface area contributed by atoms with Gasteiger partial charge in [-0.25, -0.2) is 0 Å². The van der Waals surface area contributed by atoms with Gasteiger partial charge in [0, 0.05) is 29.5 Å². The Morgan fingerprint density at radius 2 is 1.91 bits per heavy atom. The molecule has 0 atom stereocenters. The van der Waals surface area contributed by atoms with Crippen LogP contribution >= 0.6 is 0 Å². The number of aryl methyl sites for hydroxylation is 1. The number of hydrogen-bond acceptors (Lipinski definition) is 2. The Balaban J connectivity index is 2.01. The molecule has 2 rings (SSSR count). The van der Waals surface area contributed by atoms with Crippen molar-refractivity contribution in [1.82, 2.24) is 9.88 Å². The average Bonchev–Trinajstić information content (AvgIpc) is 2.80. The fraction of sp³-hybridized carbons (Fsp3) is 0.421. The molecule has 1 aromatic heterocycles. The highest BCUT2D eigenvalue weighted by atomic mass is 16.5. The van der Waals surface area contributed by atoms with Crippen molar-refractivity contribution in [1.29, 1.82) is 0 Å². The van der Waals surface area contributed by atoms with E-state index in [1.807, 2.05) is 24.3 Å². The molecule has 0 radical (unpaired) electrons. The van der Waals surface area contributed by atoms with E-state index in [0.717, 1.165) is 11.3 Å². The summed E-state index contributed by atoms with van der Waals surface area (Å²) in [4.78, 5) is 12.2. The van der Waals surface area contributed by atoms with E-state index >= 15 is 0 Å². The fourth-order valence-corrected chi connectivity index (χ4v) is 3.10. The van der Waals surface area contributed by atoms with Crippen LogP contribution in [0.1, 0.15) is 42.4 Å². The zero-order chi connectivity index (χ0) is 17.0. The number of carbonyl (C=O) groups excluding carboxylic acids is 1. The number of aromatic nitrogens is 1. The number of hydrogen-bond donors (Lipinski definition) is 1. The van der Waals surface area contributed by atoms with Gasteiger partial charge in [0.2, 0.25) is 5.91 Å². The Morgan fingerprint density at radius 3 is 2.52 bits per heavy atom. The molecule has 0 aliphatic rings. The summed E-state index contributed by atoms with van der Waals surface area (Å²) in [5, 5.41) is 3.01. The van der Waals surface area contributed by atoms with Crippen LogP contribution in [0.5, 0.6) is 5.75 Å². The van der Waals surface area contributed by atoms with E-state index in [0.29, 0.717) is 19.0 Å². The molecular formula is C19H26N2O2. The first-order chi connectivity index (χ1) is 10.9. The van der Waals surface area contributed by atoms with Crippen LogP contribution in [0.15, 0.2) is 30.3 Å². The van der Waals surface area contributed by atoms with Crippen molar-refractivity contribution in [2.24, 2.45) is 0 Å². The molecule has 0 aliphatic heterocycles. The third-order valence-electron chi connectivity index (χ3n) is 4.13. The van der Waals surface area contributed by atoms with E-state index in [2.05, 4.69) is 43.6 Å². The topological polar surface area (TPSA) is 43.3 Å². The van der Waals surface area contributed by atoms with E-state index in [1.165, 1.54) is 17.0 Å².